The van der Waals surface area contributed by atoms with Gasteiger partial charge >= 0.3 is 0 Å². The molecule has 0 aliphatic heterocycles. The summed E-state index contributed by atoms with van der Waals surface area (Å²) < 4.78 is 0. The number of pyridine rings is 1. The van der Waals surface area contributed by atoms with Gasteiger partial charge in [0.1, 0.15) is 0 Å². The van der Waals surface area contributed by atoms with Crippen molar-refractivity contribution in [1.29, 1.82) is 0 Å². The van der Waals surface area contributed by atoms with Gasteiger partial charge in [-0.05, 0) is 47.8 Å². The van der Waals surface area contributed by atoms with Gasteiger partial charge < -0.3 is 0 Å². The van der Waals surface area contributed by atoms with Gasteiger partial charge in [0.25, 0.3) is 0 Å². The molecular formula is C17H29N. The highest BCUT2D eigenvalue weighted by Crippen LogP contribution is 2.32. The molecule has 0 saturated heterocycles. The summed E-state index contributed by atoms with van der Waals surface area (Å²) in [6.45, 7) is 15.9. The lowest BCUT2D eigenvalue weighted by molar-refractivity contribution is 0.742. The second kappa shape index (κ2) is 6.36. The Hall–Kier alpha value is -0.850. The predicted octanol–water partition coefficient (Wildman–Crippen LogP) is 5.02. The van der Waals surface area contributed by atoms with E-state index in [1.807, 2.05) is 0 Å². The van der Waals surface area contributed by atoms with Crippen molar-refractivity contribution in [1.82, 2.24) is 4.98 Å². The zero-order valence-corrected chi connectivity index (χ0v) is 13.2. The predicted molar refractivity (Wildman–Crippen MR) is 80.5 cm³/mol. The van der Waals surface area contributed by atoms with Crippen molar-refractivity contribution in [2.45, 2.75) is 79.6 Å². The van der Waals surface area contributed by atoms with Crippen LogP contribution < -0.4 is 0 Å². The van der Waals surface area contributed by atoms with Gasteiger partial charge in [-0.2, -0.15) is 0 Å². The Morgan fingerprint density at radius 2 is 1.11 bits per heavy atom. The maximum Gasteiger partial charge on any atom is 0.0441 e. The summed E-state index contributed by atoms with van der Waals surface area (Å²) in [7, 11) is 0. The fourth-order valence-corrected chi connectivity index (χ4v) is 3.06. The molecule has 0 saturated carbocycles. The van der Waals surface area contributed by atoms with Crippen LogP contribution in [0.15, 0.2) is 0 Å². The molecule has 18 heavy (non-hydrogen) atoms. The first kappa shape index (κ1) is 15.2. The molecule has 0 N–H and O–H groups in total. The lowest BCUT2D eigenvalue weighted by Crippen LogP contribution is -2.13. The van der Waals surface area contributed by atoms with Gasteiger partial charge in [0.05, 0.1) is 0 Å². The zero-order valence-electron chi connectivity index (χ0n) is 13.2. The molecule has 0 atom stereocenters. The second-order valence-corrected chi connectivity index (χ2v) is 5.68. The van der Waals surface area contributed by atoms with Gasteiger partial charge in [-0.3, -0.25) is 4.98 Å². The van der Waals surface area contributed by atoms with Gasteiger partial charge in [0.15, 0.2) is 0 Å². The van der Waals surface area contributed by atoms with E-state index >= 15 is 0 Å². The van der Waals surface area contributed by atoms with E-state index in [1.165, 1.54) is 22.5 Å². The molecule has 0 bridgehead atoms. The van der Waals surface area contributed by atoms with Crippen LogP contribution in [-0.2, 0) is 19.3 Å². The Kier molecular flexibility index (Phi) is 5.37. The lowest BCUT2D eigenvalue weighted by atomic mass is 9.84. The number of nitrogens with zero attached hydrogens (tertiary/aromatic N) is 1. The minimum absolute atomic E-state index is 0.575. The molecule has 1 nitrogen and oxygen atoms in total. The van der Waals surface area contributed by atoms with Crippen LogP contribution in [-0.4, -0.2) is 4.98 Å². The van der Waals surface area contributed by atoms with Gasteiger partial charge in [0, 0.05) is 11.4 Å². The molecule has 102 valence electrons. The van der Waals surface area contributed by atoms with E-state index in [2.05, 4.69) is 48.5 Å². The van der Waals surface area contributed by atoms with Crippen LogP contribution in [0, 0.1) is 0 Å². The Labute approximate surface area is 113 Å². The van der Waals surface area contributed by atoms with Crippen LogP contribution in [0.25, 0.3) is 0 Å². The third kappa shape index (κ3) is 2.76. The fraction of sp³-hybridized carbons (Fsp3) is 0.706. The number of aromatic nitrogens is 1. The second-order valence-electron chi connectivity index (χ2n) is 5.68. The van der Waals surface area contributed by atoms with E-state index in [0.717, 1.165) is 19.3 Å². The molecule has 0 aliphatic carbocycles. The zero-order chi connectivity index (χ0) is 13.9. The van der Waals surface area contributed by atoms with Crippen LogP contribution in [0.4, 0.5) is 0 Å². The molecule has 0 aliphatic rings. The monoisotopic (exact) mass is 247 g/mol. The maximum atomic E-state index is 4.96. The molecular weight excluding hydrogens is 218 g/mol. The molecule has 1 aromatic heterocycles. The summed E-state index contributed by atoms with van der Waals surface area (Å²) in [5, 5.41) is 0. The molecule has 0 unspecified atom stereocenters. The van der Waals surface area contributed by atoms with Gasteiger partial charge in [-0.15, -0.1) is 0 Å². The average molecular weight is 247 g/mol. The standard InChI is InChI=1S/C17H29N/c1-8-13-16(11(4)5)14(9-2)18-15(10-3)17(13)12(6)7/h11-12H,8-10H2,1-7H3. The molecule has 1 aromatic rings. The minimum Gasteiger partial charge on any atom is -0.257 e. The highest BCUT2D eigenvalue weighted by atomic mass is 14.7. The summed E-state index contributed by atoms with van der Waals surface area (Å²) in [5.74, 6) is 1.15. The van der Waals surface area contributed by atoms with Gasteiger partial charge in [-0.25, -0.2) is 0 Å². The molecule has 0 radical (unpaired) electrons. The van der Waals surface area contributed by atoms with Crippen molar-refractivity contribution in [3.05, 3.63) is 28.1 Å². The maximum absolute atomic E-state index is 4.96. The first-order valence-corrected chi connectivity index (χ1v) is 7.52. The van der Waals surface area contributed by atoms with Crippen molar-refractivity contribution in [2.75, 3.05) is 0 Å². The quantitative estimate of drug-likeness (QED) is 0.712. The smallest absolute Gasteiger partial charge is 0.0441 e. The first-order valence-electron chi connectivity index (χ1n) is 7.52. The van der Waals surface area contributed by atoms with E-state index in [1.54, 1.807) is 5.56 Å². The fourth-order valence-electron chi connectivity index (χ4n) is 3.06. The summed E-state index contributed by atoms with van der Waals surface area (Å²) in [4.78, 5) is 4.96. The first-order chi connectivity index (χ1) is 8.47. The number of rotatable bonds is 5. The molecule has 0 spiro atoms. The highest BCUT2D eigenvalue weighted by molar-refractivity contribution is 5.44. The largest absolute Gasteiger partial charge is 0.257 e. The van der Waals surface area contributed by atoms with E-state index in [-0.39, 0.29) is 0 Å². The van der Waals surface area contributed by atoms with Crippen molar-refractivity contribution in [3.63, 3.8) is 0 Å². The van der Waals surface area contributed by atoms with E-state index < -0.39 is 0 Å². The van der Waals surface area contributed by atoms with Crippen LogP contribution in [0.3, 0.4) is 0 Å². The number of hydrogen-bond acceptors (Lipinski definition) is 1. The topological polar surface area (TPSA) is 12.9 Å². The lowest BCUT2D eigenvalue weighted by Gasteiger charge is -2.24. The Bertz CT molecular complexity index is 368. The van der Waals surface area contributed by atoms with Crippen LogP contribution in [0.1, 0.15) is 88.4 Å². The SMILES string of the molecule is CCc1nc(CC)c(C(C)C)c(CC)c1C(C)C. The van der Waals surface area contributed by atoms with Crippen LogP contribution >= 0.6 is 0 Å². The summed E-state index contributed by atoms with van der Waals surface area (Å²) >= 11 is 0. The molecule has 0 aromatic carbocycles. The third-order valence-electron chi connectivity index (χ3n) is 3.72. The van der Waals surface area contributed by atoms with Gasteiger partial charge in [-0.1, -0.05) is 48.5 Å². The van der Waals surface area contributed by atoms with Crippen molar-refractivity contribution in [3.8, 4) is 0 Å². The molecule has 1 heterocycles. The normalized spacial score (nSPS) is 11.6. The third-order valence-corrected chi connectivity index (χ3v) is 3.72. The van der Waals surface area contributed by atoms with Crippen molar-refractivity contribution < 1.29 is 0 Å². The summed E-state index contributed by atoms with van der Waals surface area (Å²) in [6.07, 6.45) is 3.22. The Balaban J connectivity index is 3.64. The molecule has 1 rings (SSSR count). The molecule has 0 amide bonds. The van der Waals surface area contributed by atoms with Gasteiger partial charge in [0.2, 0.25) is 0 Å². The minimum atomic E-state index is 0.575. The highest BCUT2D eigenvalue weighted by Gasteiger charge is 2.20. The Morgan fingerprint density at radius 3 is 1.33 bits per heavy atom. The molecule has 0 fully saturated rings. The average Bonchev–Trinajstić information content (AvgIpc) is 2.35. The van der Waals surface area contributed by atoms with Crippen LogP contribution in [0.2, 0.25) is 0 Å². The Morgan fingerprint density at radius 1 is 0.722 bits per heavy atom. The van der Waals surface area contributed by atoms with Crippen molar-refractivity contribution in [2.24, 2.45) is 0 Å². The van der Waals surface area contributed by atoms with E-state index in [9.17, 15) is 0 Å². The summed E-state index contributed by atoms with van der Waals surface area (Å²) in [6, 6.07) is 0. The summed E-state index contributed by atoms with van der Waals surface area (Å²) in [5.41, 5.74) is 7.25. The van der Waals surface area contributed by atoms with E-state index in [4.69, 9.17) is 4.98 Å². The van der Waals surface area contributed by atoms with E-state index in [0.29, 0.717) is 11.8 Å². The van der Waals surface area contributed by atoms with Crippen LogP contribution in [0.5, 0.6) is 0 Å². The number of aryl methyl sites for hydroxylation is 2. The number of hydrogen-bond donors (Lipinski definition) is 0. The molecule has 1 heteroatoms. The van der Waals surface area contributed by atoms with Crippen molar-refractivity contribution >= 4 is 0 Å².